The van der Waals surface area contributed by atoms with E-state index in [0.29, 0.717) is 19.6 Å². The third-order valence-electron chi connectivity index (χ3n) is 3.82. The molecule has 1 fully saturated rings. The Bertz CT molecular complexity index is 608. The van der Waals surface area contributed by atoms with Gasteiger partial charge in [0.15, 0.2) is 0 Å². The predicted molar refractivity (Wildman–Crippen MR) is 89.5 cm³/mol. The lowest BCUT2D eigenvalue weighted by Crippen LogP contribution is -2.44. The number of H-pyrrole nitrogens is 1. The molecule has 1 aliphatic heterocycles. The van der Waals surface area contributed by atoms with E-state index >= 15 is 0 Å². The Morgan fingerprint density at radius 1 is 1.36 bits per heavy atom. The highest BCUT2D eigenvalue weighted by Crippen LogP contribution is 2.17. The van der Waals surface area contributed by atoms with Crippen molar-refractivity contribution in [2.24, 2.45) is 0 Å². The van der Waals surface area contributed by atoms with E-state index in [9.17, 15) is 4.79 Å². The number of carbonyl (C=O) groups excluding carboxylic acids is 1. The van der Waals surface area contributed by atoms with Crippen molar-refractivity contribution >= 4 is 29.2 Å². The van der Waals surface area contributed by atoms with E-state index in [1.54, 1.807) is 0 Å². The molecule has 2 heterocycles. The number of hydrogen-bond acceptors (Lipinski definition) is 3. The molecule has 0 saturated carbocycles. The van der Waals surface area contributed by atoms with Gasteiger partial charge in [0.05, 0.1) is 13.2 Å². The van der Waals surface area contributed by atoms with Crippen molar-refractivity contribution in [3.05, 3.63) is 36.0 Å². The standard InChI is InChI=1S/C16H21N3O2.ClH/c20-16(9-13-11-21-8-7-17-13)18-6-5-12-10-19-15-4-2-1-3-14(12)15;/h1-4,10,13,17,19H,5-9,11H2,(H,18,20);1H. The molecule has 1 aromatic carbocycles. The number of hydrogen-bond donors (Lipinski definition) is 3. The number of halogens is 1. The van der Waals surface area contributed by atoms with Gasteiger partial charge in [-0.05, 0) is 18.1 Å². The fourth-order valence-corrected chi connectivity index (χ4v) is 2.72. The third kappa shape index (κ3) is 4.22. The molecule has 5 nitrogen and oxygen atoms in total. The minimum Gasteiger partial charge on any atom is -0.378 e. The van der Waals surface area contributed by atoms with Crippen LogP contribution in [-0.4, -0.2) is 43.2 Å². The summed E-state index contributed by atoms with van der Waals surface area (Å²) in [5.41, 5.74) is 2.38. The molecule has 1 saturated heterocycles. The Kier molecular flexibility index (Phi) is 6.24. The molecule has 3 N–H and O–H groups in total. The van der Waals surface area contributed by atoms with Crippen molar-refractivity contribution in [1.82, 2.24) is 15.6 Å². The van der Waals surface area contributed by atoms with Crippen LogP contribution in [0.15, 0.2) is 30.5 Å². The van der Waals surface area contributed by atoms with Crippen LogP contribution in [0.25, 0.3) is 10.9 Å². The normalized spacial score (nSPS) is 17.9. The first-order valence-corrected chi connectivity index (χ1v) is 7.46. The maximum Gasteiger partial charge on any atom is 0.221 e. The molecule has 3 rings (SSSR count). The molecule has 0 aliphatic carbocycles. The summed E-state index contributed by atoms with van der Waals surface area (Å²) < 4.78 is 5.35. The van der Waals surface area contributed by atoms with Crippen LogP contribution in [0, 0.1) is 0 Å². The van der Waals surface area contributed by atoms with E-state index in [2.05, 4.69) is 27.8 Å². The van der Waals surface area contributed by atoms with Gasteiger partial charge in [0.25, 0.3) is 0 Å². The lowest BCUT2D eigenvalue weighted by Gasteiger charge is -2.23. The van der Waals surface area contributed by atoms with Gasteiger partial charge in [0.1, 0.15) is 0 Å². The molecule has 6 heteroatoms. The van der Waals surface area contributed by atoms with Gasteiger partial charge in [0, 0.05) is 42.7 Å². The molecule has 22 heavy (non-hydrogen) atoms. The zero-order valence-electron chi connectivity index (χ0n) is 12.4. The number of nitrogens with one attached hydrogen (secondary N) is 3. The van der Waals surface area contributed by atoms with Crippen LogP contribution < -0.4 is 10.6 Å². The molecule has 120 valence electrons. The minimum atomic E-state index is 0. The second-order valence-electron chi connectivity index (χ2n) is 5.39. The van der Waals surface area contributed by atoms with Gasteiger partial charge < -0.3 is 20.4 Å². The molecule has 0 spiro atoms. The summed E-state index contributed by atoms with van der Waals surface area (Å²) in [4.78, 5) is 15.1. The van der Waals surface area contributed by atoms with Crippen LogP contribution in [0.4, 0.5) is 0 Å². The second kappa shape index (κ2) is 8.17. The number of rotatable bonds is 5. The lowest BCUT2D eigenvalue weighted by atomic mass is 10.1. The van der Waals surface area contributed by atoms with Crippen LogP contribution in [0.1, 0.15) is 12.0 Å². The third-order valence-corrected chi connectivity index (χ3v) is 3.82. The number of ether oxygens (including phenoxy) is 1. The molecule has 2 aromatic rings. The first-order chi connectivity index (χ1) is 10.3. The summed E-state index contributed by atoms with van der Waals surface area (Å²) in [6.45, 7) is 2.84. The van der Waals surface area contributed by atoms with Crippen molar-refractivity contribution in [3.8, 4) is 0 Å². The molecule has 1 aromatic heterocycles. The first-order valence-electron chi connectivity index (χ1n) is 7.46. The largest absolute Gasteiger partial charge is 0.378 e. The van der Waals surface area contributed by atoms with Crippen LogP contribution in [0.2, 0.25) is 0 Å². The Morgan fingerprint density at radius 2 is 2.23 bits per heavy atom. The van der Waals surface area contributed by atoms with Gasteiger partial charge in [0.2, 0.25) is 5.91 Å². The zero-order chi connectivity index (χ0) is 14.5. The SMILES string of the molecule is Cl.O=C(CC1COCCN1)NCCc1c[nH]c2ccccc12. The number of carbonyl (C=O) groups is 1. The molecular formula is C16H22ClN3O2. The molecule has 1 atom stereocenters. The van der Waals surface area contributed by atoms with Crippen molar-refractivity contribution in [2.45, 2.75) is 18.9 Å². The Balaban J connectivity index is 0.00000176. The average molecular weight is 324 g/mol. The molecule has 1 aliphatic rings. The highest BCUT2D eigenvalue weighted by atomic mass is 35.5. The summed E-state index contributed by atoms with van der Waals surface area (Å²) >= 11 is 0. The van der Waals surface area contributed by atoms with Crippen LogP contribution in [0.5, 0.6) is 0 Å². The number of benzene rings is 1. The number of para-hydroxylation sites is 1. The Morgan fingerprint density at radius 3 is 3.05 bits per heavy atom. The predicted octanol–water partition coefficient (Wildman–Crippen LogP) is 1.63. The number of morpholine rings is 1. The van der Waals surface area contributed by atoms with Crippen LogP contribution in [-0.2, 0) is 16.0 Å². The van der Waals surface area contributed by atoms with E-state index in [1.165, 1.54) is 10.9 Å². The topological polar surface area (TPSA) is 66.2 Å². The number of aromatic amines is 1. The van der Waals surface area contributed by atoms with Crippen molar-refractivity contribution in [1.29, 1.82) is 0 Å². The fraction of sp³-hybridized carbons (Fsp3) is 0.438. The number of aromatic nitrogens is 1. The minimum absolute atomic E-state index is 0. The number of amides is 1. The van der Waals surface area contributed by atoms with E-state index in [1.807, 2.05) is 18.3 Å². The summed E-state index contributed by atoms with van der Waals surface area (Å²) in [5.74, 6) is 0.0813. The second-order valence-corrected chi connectivity index (χ2v) is 5.39. The lowest BCUT2D eigenvalue weighted by molar-refractivity contribution is -0.122. The molecule has 1 unspecified atom stereocenters. The highest BCUT2D eigenvalue weighted by molar-refractivity contribution is 5.85. The van der Waals surface area contributed by atoms with Gasteiger partial charge in [-0.2, -0.15) is 0 Å². The van der Waals surface area contributed by atoms with Crippen molar-refractivity contribution in [3.63, 3.8) is 0 Å². The van der Waals surface area contributed by atoms with Crippen LogP contribution in [0.3, 0.4) is 0 Å². The maximum atomic E-state index is 11.9. The van der Waals surface area contributed by atoms with Gasteiger partial charge >= 0.3 is 0 Å². The van der Waals surface area contributed by atoms with Gasteiger partial charge in [-0.3, -0.25) is 4.79 Å². The van der Waals surface area contributed by atoms with E-state index in [4.69, 9.17) is 4.74 Å². The summed E-state index contributed by atoms with van der Waals surface area (Å²) in [6, 6.07) is 8.36. The number of fused-ring (bicyclic) bond motifs is 1. The van der Waals surface area contributed by atoms with Crippen LogP contribution >= 0.6 is 12.4 Å². The van der Waals surface area contributed by atoms with Gasteiger partial charge in [-0.1, -0.05) is 18.2 Å². The van der Waals surface area contributed by atoms with Crippen molar-refractivity contribution in [2.75, 3.05) is 26.3 Å². The average Bonchev–Trinajstić information content (AvgIpc) is 2.92. The Labute approximate surface area is 136 Å². The highest BCUT2D eigenvalue weighted by Gasteiger charge is 2.16. The quantitative estimate of drug-likeness (QED) is 0.783. The van der Waals surface area contributed by atoms with E-state index < -0.39 is 0 Å². The summed E-state index contributed by atoms with van der Waals surface area (Å²) in [5, 5.41) is 7.50. The van der Waals surface area contributed by atoms with Crippen molar-refractivity contribution < 1.29 is 9.53 Å². The van der Waals surface area contributed by atoms with E-state index in [0.717, 1.165) is 25.1 Å². The van der Waals surface area contributed by atoms with Gasteiger partial charge in [-0.25, -0.2) is 0 Å². The molecule has 0 bridgehead atoms. The molecule has 1 amide bonds. The van der Waals surface area contributed by atoms with E-state index in [-0.39, 0.29) is 24.4 Å². The summed E-state index contributed by atoms with van der Waals surface area (Å²) in [6.07, 6.45) is 3.34. The summed E-state index contributed by atoms with van der Waals surface area (Å²) in [7, 11) is 0. The fourth-order valence-electron chi connectivity index (χ4n) is 2.72. The Hall–Kier alpha value is -1.56. The van der Waals surface area contributed by atoms with Gasteiger partial charge in [-0.15, -0.1) is 12.4 Å². The first kappa shape index (κ1) is 16.8. The molecular weight excluding hydrogens is 302 g/mol. The smallest absolute Gasteiger partial charge is 0.221 e. The monoisotopic (exact) mass is 323 g/mol. The zero-order valence-corrected chi connectivity index (χ0v) is 13.2. The molecule has 0 radical (unpaired) electrons. The maximum absolute atomic E-state index is 11.9.